The van der Waals surface area contributed by atoms with E-state index in [9.17, 15) is 9.59 Å². The number of carbonyl (C=O) groups excluding carboxylic acids is 2. The van der Waals surface area contributed by atoms with Gasteiger partial charge in [-0.05, 0) is 42.7 Å². The first-order valence-electron chi connectivity index (χ1n) is 9.29. The van der Waals surface area contributed by atoms with Gasteiger partial charge in [0.05, 0.1) is 14.2 Å². The third kappa shape index (κ3) is 4.82. The molecule has 0 unspecified atom stereocenters. The van der Waals surface area contributed by atoms with Crippen molar-refractivity contribution in [3.63, 3.8) is 0 Å². The zero-order valence-corrected chi connectivity index (χ0v) is 17.2. The van der Waals surface area contributed by atoms with Crippen LogP contribution in [0.15, 0.2) is 36.4 Å². The summed E-state index contributed by atoms with van der Waals surface area (Å²) in [5.74, 6) is 0.774. The normalized spacial score (nSPS) is 10.3. The summed E-state index contributed by atoms with van der Waals surface area (Å²) < 4.78 is 10.4. The molecule has 0 fully saturated rings. The monoisotopic (exact) mass is 384 g/mol. The van der Waals surface area contributed by atoms with Crippen molar-refractivity contribution in [2.24, 2.45) is 0 Å². The fourth-order valence-corrected chi connectivity index (χ4v) is 3.18. The highest BCUT2D eigenvalue weighted by atomic mass is 16.5. The Morgan fingerprint density at radius 1 is 1.07 bits per heavy atom. The number of benzene rings is 2. The van der Waals surface area contributed by atoms with Crippen molar-refractivity contribution >= 4 is 17.5 Å². The van der Waals surface area contributed by atoms with Gasteiger partial charge in [-0.3, -0.25) is 9.59 Å². The van der Waals surface area contributed by atoms with Gasteiger partial charge in [0.2, 0.25) is 5.91 Å². The quantitative estimate of drug-likeness (QED) is 0.758. The highest BCUT2D eigenvalue weighted by molar-refractivity contribution is 5.95. The number of hydrogen-bond acceptors (Lipinski definition) is 4. The molecule has 0 aliphatic carbocycles. The predicted octanol–water partition coefficient (Wildman–Crippen LogP) is 3.36. The Hall–Kier alpha value is -3.02. The van der Waals surface area contributed by atoms with E-state index in [-0.39, 0.29) is 11.8 Å². The molecule has 28 heavy (non-hydrogen) atoms. The number of aryl methyl sites for hydroxylation is 2. The molecule has 6 nitrogen and oxygen atoms in total. The van der Waals surface area contributed by atoms with Crippen LogP contribution in [0.3, 0.4) is 0 Å². The lowest BCUT2D eigenvalue weighted by Gasteiger charge is -2.26. The van der Waals surface area contributed by atoms with Gasteiger partial charge < -0.3 is 19.7 Å². The molecule has 0 bridgehead atoms. The van der Waals surface area contributed by atoms with Gasteiger partial charge in [0.25, 0.3) is 5.91 Å². The number of nitrogens with zero attached hydrogens (tertiary/aromatic N) is 1. The molecule has 0 aromatic heterocycles. The maximum Gasteiger partial charge on any atom is 0.251 e. The van der Waals surface area contributed by atoms with Gasteiger partial charge in [-0.2, -0.15) is 0 Å². The molecule has 0 heterocycles. The molecule has 0 saturated carbocycles. The number of rotatable bonds is 8. The van der Waals surface area contributed by atoms with Gasteiger partial charge in [-0.25, -0.2) is 0 Å². The second-order valence-corrected chi connectivity index (χ2v) is 6.43. The van der Waals surface area contributed by atoms with Crippen molar-refractivity contribution in [1.82, 2.24) is 5.32 Å². The Labute approximate surface area is 166 Å². The Bertz CT molecular complexity index is 848. The standard InChI is InChI=1S/C22H28N2O4/c1-6-17-9-7-8-15(2)21(17)24(16(3)25)13-12-23-22(26)18-10-11-19(27-4)20(14-18)28-5/h7-11,14H,6,12-13H2,1-5H3,(H,23,26). The second kappa shape index (κ2) is 9.78. The van der Waals surface area contributed by atoms with Crippen LogP contribution in [0.5, 0.6) is 11.5 Å². The SMILES string of the molecule is CCc1cccc(C)c1N(CCNC(=O)c1ccc(OC)c(OC)c1)C(C)=O. The first-order valence-corrected chi connectivity index (χ1v) is 9.29. The number of carbonyl (C=O) groups is 2. The van der Waals surface area contributed by atoms with Crippen LogP contribution in [0, 0.1) is 6.92 Å². The van der Waals surface area contributed by atoms with Crippen LogP contribution >= 0.6 is 0 Å². The van der Waals surface area contributed by atoms with E-state index < -0.39 is 0 Å². The third-order valence-corrected chi connectivity index (χ3v) is 4.62. The van der Waals surface area contributed by atoms with Crippen molar-refractivity contribution in [1.29, 1.82) is 0 Å². The minimum Gasteiger partial charge on any atom is -0.493 e. The molecule has 2 aromatic carbocycles. The zero-order valence-electron chi connectivity index (χ0n) is 17.2. The predicted molar refractivity (Wildman–Crippen MR) is 110 cm³/mol. The number of para-hydroxylation sites is 1. The number of nitrogens with one attached hydrogen (secondary N) is 1. The molecular formula is C22H28N2O4. The lowest BCUT2D eigenvalue weighted by molar-refractivity contribution is -0.116. The zero-order chi connectivity index (χ0) is 20.7. The molecule has 6 heteroatoms. The lowest BCUT2D eigenvalue weighted by atomic mass is 10.0. The van der Waals surface area contributed by atoms with Gasteiger partial charge in [0, 0.05) is 31.3 Å². The van der Waals surface area contributed by atoms with Gasteiger partial charge in [-0.15, -0.1) is 0 Å². The molecule has 0 aliphatic heterocycles. The maximum atomic E-state index is 12.5. The fraction of sp³-hybridized carbons (Fsp3) is 0.364. The number of amides is 2. The van der Waals surface area contributed by atoms with Crippen molar-refractivity contribution in [2.45, 2.75) is 27.2 Å². The topological polar surface area (TPSA) is 67.9 Å². The Morgan fingerprint density at radius 2 is 1.79 bits per heavy atom. The van der Waals surface area contributed by atoms with Crippen LogP contribution in [0.1, 0.15) is 35.3 Å². The highest BCUT2D eigenvalue weighted by Gasteiger charge is 2.17. The van der Waals surface area contributed by atoms with Crippen LogP contribution in [0.2, 0.25) is 0 Å². The summed E-state index contributed by atoms with van der Waals surface area (Å²) in [5.41, 5.74) is 3.55. The molecule has 0 aliphatic rings. The van der Waals surface area contributed by atoms with Crippen molar-refractivity contribution in [2.75, 3.05) is 32.2 Å². The summed E-state index contributed by atoms with van der Waals surface area (Å²) in [6, 6.07) is 11.0. The largest absolute Gasteiger partial charge is 0.493 e. The smallest absolute Gasteiger partial charge is 0.251 e. The molecule has 2 aromatic rings. The summed E-state index contributed by atoms with van der Waals surface area (Å²) in [6.07, 6.45) is 0.832. The summed E-state index contributed by atoms with van der Waals surface area (Å²) in [4.78, 5) is 26.5. The molecule has 2 rings (SSSR count). The van der Waals surface area contributed by atoms with Crippen LogP contribution in [0.25, 0.3) is 0 Å². The van der Waals surface area contributed by atoms with E-state index in [0.29, 0.717) is 30.2 Å². The van der Waals surface area contributed by atoms with Crippen molar-refractivity contribution in [3.8, 4) is 11.5 Å². The molecule has 150 valence electrons. The van der Waals surface area contributed by atoms with Gasteiger partial charge in [-0.1, -0.05) is 25.1 Å². The Morgan fingerprint density at radius 3 is 2.39 bits per heavy atom. The van der Waals surface area contributed by atoms with E-state index in [1.54, 1.807) is 37.1 Å². The van der Waals surface area contributed by atoms with E-state index in [0.717, 1.165) is 23.2 Å². The fourth-order valence-electron chi connectivity index (χ4n) is 3.18. The van der Waals surface area contributed by atoms with Gasteiger partial charge in [0.1, 0.15) is 0 Å². The van der Waals surface area contributed by atoms with Crippen LogP contribution in [-0.4, -0.2) is 39.1 Å². The van der Waals surface area contributed by atoms with Crippen LogP contribution in [0.4, 0.5) is 5.69 Å². The van der Waals surface area contributed by atoms with E-state index in [1.807, 2.05) is 25.1 Å². The first-order chi connectivity index (χ1) is 13.4. The summed E-state index contributed by atoms with van der Waals surface area (Å²) in [7, 11) is 3.07. The minimum absolute atomic E-state index is 0.0515. The number of ether oxygens (including phenoxy) is 2. The van der Waals surface area contributed by atoms with E-state index in [2.05, 4.69) is 12.2 Å². The van der Waals surface area contributed by atoms with Gasteiger partial charge >= 0.3 is 0 Å². The van der Waals surface area contributed by atoms with Crippen molar-refractivity contribution < 1.29 is 19.1 Å². The molecule has 0 atom stereocenters. The Balaban J connectivity index is 2.10. The second-order valence-electron chi connectivity index (χ2n) is 6.43. The number of anilines is 1. The minimum atomic E-state index is -0.232. The summed E-state index contributed by atoms with van der Waals surface area (Å²) in [6.45, 7) is 6.33. The van der Waals surface area contributed by atoms with E-state index >= 15 is 0 Å². The molecule has 0 saturated heterocycles. The van der Waals surface area contributed by atoms with E-state index in [1.165, 1.54) is 7.11 Å². The number of hydrogen-bond donors (Lipinski definition) is 1. The van der Waals surface area contributed by atoms with Crippen molar-refractivity contribution in [3.05, 3.63) is 53.1 Å². The van der Waals surface area contributed by atoms with Crippen LogP contribution < -0.4 is 19.7 Å². The van der Waals surface area contributed by atoms with E-state index in [4.69, 9.17) is 9.47 Å². The molecule has 2 amide bonds. The molecular weight excluding hydrogens is 356 g/mol. The summed E-state index contributed by atoms with van der Waals surface area (Å²) >= 11 is 0. The Kier molecular flexibility index (Phi) is 7.44. The number of methoxy groups -OCH3 is 2. The van der Waals surface area contributed by atoms with Crippen LogP contribution in [-0.2, 0) is 11.2 Å². The lowest BCUT2D eigenvalue weighted by Crippen LogP contribution is -2.38. The molecule has 0 radical (unpaired) electrons. The van der Waals surface area contributed by atoms with Gasteiger partial charge in [0.15, 0.2) is 11.5 Å². The highest BCUT2D eigenvalue weighted by Crippen LogP contribution is 2.28. The average molecular weight is 384 g/mol. The average Bonchev–Trinajstić information content (AvgIpc) is 2.70. The molecule has 1 N–H and O–H groups in total. The maximum absolute atomic E-state index is 12.5. The summed E-state index contributed by atoms with van der Waals surface area (Å²) in [5, 5.41) is 2.87. The molecule has 0 spiro atoms. The first kappa shape index (κ1) is 21.3. The third-order valence-electron chi connectivity index (χ3n) is 4.62.